The molecule has 0 aromatic rings. The van der Waals surface area contributed by atoms with Crippen molar-refractivity contribution in [1.29, 1.82) is 0 Å². The van der Waals surface area contributed by atoms with Crippen LogP contribution >= 0.6 is 0 Å². The van der Waals surface area contributed by atoms with Gasteiger partial charge in [0.25, 0.3) is 0 Å². The molecule has 0 amide bonds. The van der Waals surface area contributed by atoms with E-state index in [1.54, 1.807) is 0 Å². The normalized spacial score (nSPS) is 26.5. The molecule has 1 aliphatic carbocycles. The SMILES string of the molecule is CC(N)CC1(N)CCCCC1. The van der Waals surface area contributed by atoms with Gasteiger partial charge in [0.15, 0.2) is 0 Å². The Kier molecular flexibility index (Phi) is 2.90. The maximum Gasteiger partial charge on any atom is 0.0169 e. The summed E-state index contributed by atoms with van der Waals surface area (Å²) in [4.78, 5) is 0. The fourth-order valence-electron chi connectivity index (χ4n) is 2.10. The smallest absolute Gasteiger partial charge is 0.0169 e. The molecular formula is C9H20N2. The highest BCUT2D eigenvalue weighted by Crippen LogP contribution is 2.29. The molecule has 1 fully saturated rings. The van der Waals surface area contributed by atoms with Crippen molar-refractivity contribution in [2.45, 2.75) is 57.0 Å². The van der Waals surface area contributed by atoms with Crippen molar-refractivity contribution in [1.82, 2.24) is 0 Å². The van der Waals surface area contributed by atoms with Gasteiger partial charge in [-0.05, 0) is 26.2 Å². The third-order valence-electron chi connectivity index (χ3n) is 2.58. The Morgan fingerprint density at radius 1 is 1.27 bits per heavy atom. The molecular weight excluding hydrogens is 136 g/mol. The van der Waals surface area contributed by atoms with Crippen LogP contribution in [0.25, 0.3) is 0 Å². The Hall–Kier alpha value is -0.0800. The number of hydrogen-bond donors (Lipinski definition) is 2. The van der Waals surface area contributed by atoms with Crippen LogP contribution in [0.2, 0.25) is 0 Å². The van der Waals surface area contributed by atoms with Gasteiger partial charge in [-0.1, -0.05) is 19.3 Å². The molecule has 0 aromatic carbocycles. The molecule has 0 spiro atoms. The topological polar surface area (TPSA) is 52.0 Å². The maximum absolute atomic E-state index is 6.18. The summed E-state index contributed by atoms with van der Waals surface area (Å²) in [6.45, 7) is 2.04. The molecule has 2 heteroatoms. The summed E-state index contributed by atoms with van der Waals surface area (Å²) in [5.74, 6) is 0. The van der Waals surface area contributed by atoms with Crippen LogP contribution < -0.4 is 11.5 Å². The van der Waals surface area contributed by atoms with E-state index in [9.17, 15) is 0 Å². The van der Waals surface area contributed by atoms with Crippen LogP contribution in [0, 0.1) is 0 Å². The van der Waals surface area contributed by atoms with E-state index < -0.39 is 0 Å². The Labute approximate surface area is 69.3 Å². The quantitative estimate of drug-likeness (QED) is 0.634. The third-order valence-corrected chi connectivity index (χ3v) is 2.58. The maximum atomic E-state index is 6.18. The van der Waals surface area contributed by atoms with Crippen molar-refractivity contribution < 1.29 is 0 Å². The molecule has 1 aliphatic rings. The minimum absolute atomic E-state index is 0.0758. The lowest BCUT2D eigenvalue weighted by molar-refractivity contribution is 0.265. The minimum atomic E-state index is 0.0758. The second-order valence-corrected chi connectivity index (χ2v) is 4.10. The lowest BCUT2D eigenvalue weighted by Gasteiger charge is -2.34. The number of rotatable bonds is 2. The molecule has 0 saturated heterocycles. The van der Waals surface area contributed by atoms with Crippen LogP contribution in [-0.4, -0.2) is 11.6 Å². The molecule has 11 heavy (non-hydrogen) atoms. The Bertz CT molecular complexity index is 115. The fourth-order valence-corrected chi connectivity index (χ4v) is 2.10. The van der Waals surface area contributed by atoms with E-state index in [0.29, 0.717) is 0 Å². The number of hydrogen-bond acceptors (Lipinski definition) is 2. The Morgan fingerprint density at radius 3 is 2.27 bits per heavy atom. The zero-order valence-electron chi connectivity index (χ0n) is 7.47. The first-order chi connectivity index (χ1) is 5.12. The molecule has 0 aliphatic heterocycles. The van der Waals surface area contributed by atoms with Crippen LogP contribution in [0.4, 0.5) is 0 Å². The number of nitrogens with two attached hydrogens (primary N) is 2. The van der Waals surface area contributed by atoms with E-state index in [4.69, 9.17) is 11.5 Å². The van der Waals surface area contributed by atoms with Gasteiger partial charge in [-0.2, -0.15) is 0 Å². The Balaban J connectivity index is 2.37. The Morgan fingerprint density at radius 2 is 1.82 bits per heavy atom. The first-order valence-electron chi connectivity index (χ1n) is 4.67. The molecule has 1 unspecified atom stereocenters. The molecule has 0 bridgehead atoms. The van der Waals surface area contributed by atoms with E-state index in [0.717, 1.165) is 6.42 Å². The summed E-state index contributed by atoms with van der Waals surface area (Å²) in [7, 11) is 0. The molecule has 1 saturated carbocycles. The third kappa shape index (κ3) is 2.80. The fraction of sp³-hybridized carbons (Fsp3) is 1.00. The van der Waals surface area contributed by atoms with Gasteiger partial charge in [0.05, 0.1) is 0 Å². The largest absolute Gasteiger partial charge is 0.328 e. The monoisotopic (exact) mass is 156 g/mol. The lowest BCUT2D eigenvalue weighted by atomic mass is 9.79. The van der Waals surface area contributed by atoms with Gasteiger partial charge in [0.1, 0.15) is 0 Å². The molecule has 4 N–H and O–H groups in total. The van der Waals surface area contributed by atoms with Gasteiger partial charge in [-0.15, -0.1) is 0 Å². The molecule has 1 atom stereocenters. The van der Waals surface area contributed by atoms with Gasteiger partial charge in [-0.25, -0.2) is 0 Å². The van der Waals surface area contributed by atoms with Crippen LogP contribution in [-0.2, 0) is 0 Å². The molecule has 0 radical (unpaired) electrons. The van der Waals surface area contributed by atoms with E-state index in [-0.39, 0.29) is 11.6 Å². The zero-order valence-corrected chi connectivity index (χ0v) is 7.47. The second-order valence-electron chi connectivity index (χ2n) is 4.10. The average molecular weight is 156 g/mol. The predicted octanol–water partition coefficient (Wildman–Crippen LogP) is 1.39. The average Bonchev–Trinajstić information content (AvgIpc) is 1.85. The van der Waals surface area contributed by atoms with Gasteiger partial charge < -0.3 is 11.5 Å². The van der Waals surface area contributed by atoms with Crippen LogP contribution in [0.5, 0.6) is 0 Å². The van der Waals surface area contributed by atoms with Crippen molar-refractivity contribution in [2.75, 3.05) is 0 Å². The van der Waals surface area contributed by atoms with Crippen LogP contribution in [0.3, 0.4) is 0 Å². The molecule has 0 heterocycles. The van der Waals surface area contributed by atoms with Crippen molar-refractivity contribution >= 4 is 0 Å². The predicted molar refractivity (Wildman–Crippen MR) is 48.3 cm³/mol. The van der Waals surface area contributed by atoms with Gasteiger partial charge >= 0.3 is 0 Å². The van der Waals surface area contributed by atoms with E-state index >= 15 is 0 Å². The summed E-state index contributed by atoms with van der Waals surface area (Å²) < 4.78 is 0. The minimum Gasteiger partial charge on any atom is -0.328 e. The van der Waals surface area contributed by atoms with Gasteiger partial charge in [-0.3, -0.25) is 0 Å². The lowest BCUT2D eigenvalue weighted by Crippen LogP contribution is -2.45. The molecule has 1 rings (SSSR count). The second kappa shape index (κ2) is 3.55. The van der Waals surface area contributed by atoms with E-state index in [2.05, 4.69) is 0 Å². The first kappa shape index (κ1) is 9.01. The molecule has 0 aromatic heterocycles. The van der Waals surface area contributed by atoms with Crippen molar-refractivity contribution in [2.24, 2.45) is 11.5 Å². The first-order valence-corrected chi connectivity index (χ1v) is 4.67. The van der Waals surface area contributed by atoms with Crippen molar-refractivity contribution in [3.8, 4) is 0 Å². The summed E-state index contributed by atoms with van der Waals surface area (Å²) in [6.07, 6.45) is 7.29. The van der Waals surface area contributed by atoms with E-state index in [1.165, 1.54) is 32.1 Å². The summed E-state index contributed by atoms with van der Waals surface area (Å²) in [5.41, 5.74) is 12.0. The molecule has 66 valence electrons. The highest BCUT2D eigenvalue weighted by molar-refractivity contribution is 4.89. The standard InChI is InChI=1S/C9H20N2/c1-8(10)7-9(11)5-3-2-4-6-9/h8H,2-7,10-11H2,1H3. The van der Waals surface area contributed by atoms with Crippen molar-refractivity contribution in [3.63, 3.8) is 0 Å². The van der Waals surface area contributed by atoms with E-state index in [1.807, 2.05) is 6.92 Å². The van der Waals surface area contributed by atoms with Crippen LogP contribution in [0.1, 0.15) is 45.4 Å². The van der Waals surface area contributed by atoms with Gasteiger partial charge in [0, 0.05) is 11.6 Å². The summed E-state index contributed by atoms with van der Waals surface area (Å²) in [5, 5.41) is 0. The summed E-state index contributed by atoms with van der Waals surface area (Å²) in [6, 6.07) is 0.262. The summed E-state index contributed by atoms with van der Waals surface area (Å²) >= 11 is 0. The van der Waals surface area contributed by atoms with Gasteiger partial charge in [0.2, 0.25) is 0 Å². The molecule has 2 nitrogen and oxygen atoms in total. The zero-order chi connectivity index (χ0) is 8.32. The highest BCUT2D eigenvalue weighted by atomic mass is 14.8. The van der Waals surface area contributed by atoms with Crippen LogP contribution in [0.15, 0.2) is 0 Å². The van der Waals surface area contributed by atoms with Crippen molar-refractivity contribution in [3.05, 3.63) is 0 Å². The highest BCUT2D eigenvalue weighted by Gasteiger charge is 2.27.